The Morgan fingerprint density at radius 1 is 1.15 bits per heavy atom. The number of piperidine rings is 1. The van der Waals surface area contributed by atoms with Crippen molar-refractivity contribution in [2.75, 3.05) is 19.7 Å². The molecule has 0 bridgehead atoms. The van der Waals surface area contributed by atoms with Crippen molar-refractivity contribution in [2.24, 2.45) is 0 Å². The summed E-state index contributed by atoms with van der Waals surface area (Å²) in [5, 5.41) is 3.07. The standard InChI is InChI=1S/C20H24N4O2/c25-19(18-6-2-4-10-22-18)23-17-13-20(26-15-17)7-11-24(12-8-20)14-16-5-1-3-9-21-16/h1-6,9-10,17H,7-8,11-15H2,(H,23,25)/t17-/m0/s1. The molecule has 4 heterocycles. The van der Waals surface area contributed by atoms with E-state index >= 15 is 0 Å². The molecule has 2 aromatic rings. The summed E-state index contributed by atoms with van der Waals surface area (Å²) < 4.78 is 6.15. The Morgan fingerprint density at radius 3 is 2.62 bits per heavy atom. The van der Waals surface area contributed by atoms with Crippen molar-refractivity contribution >= 4 is 5.91 Å². The van der Waals surface area contributed by atoms with Crippen LogP contribution in [0.5, 0.6) is 0 Å². The van der Waals surface area contributed by atoms with Crippen molar-refractivity contribution in [3.05, 3.63) is 60.2 Å². The molecule has 1 spiro atoms. The van der Waals surface area contributed by atoms with E-state index < -0.39 is 0 Å². The second-order valence-electron chi connectivity index (χ2n) is 7.18. The molecule has 6 nitrogen and oxygen atoms in total. The van der Waals surface area contributed by atoms with Gasteiger partial charge in [0.15, 0.2) is 0 Å². The number of nitrogens with one attached hydrogen (secondary N) is 1. The summed E-state index contributed by atoms with van der Waals surface area (Å²) >= 11 is 0. The predicted octanol–water partition coefficient (Wildman–Crippen LogP) is 2.03. The molecule has 0 aliphatic carbocycles. The first kappa shape index (κ1) is 17.1. The van der Waals surface area contributed by atoms with Crippen LogP contribution >= 0.6 is 0 Å². The zero-order chi connectivity index (χ0) is 17.8. The van der Waals surface area contributed by atoms with Crippen LogP contribution in [0.2, 0.25) is 0 Å². The molecule has 1 atom stereocenters. The number of hydrogen-bond donors (Lipinski definition) is 1. The first-order valence-corrected chi connectivity index (χ1v) is 9.21. The van der Waals surface area contributed by atoms with Gasteiger partial charge in [0.05, 0.1) is 23.9 Å². The SMILES string of the molecule is O=C(N[C@@H]1COC2(CCN(Cc3ccccn3)CC2)C1)c1ccccn1. The summed E-state index contributed by atoms with van der Waals surface area (Å²) in [7, 11) is 0. The summed E-state index contributed by atoms with van der Waals surface area (Å²) in [6.45, 7) is 3.46. The summed E-state index contributed by atoms with van der Waals surface area (Å²) in [6.07, 6.45) is 6.35. The average Bonchev–Trinajstić information content (AvgIpc) is 3.07. The molecule has 2 aromatic heterocycles. The number of nitrogens with zero attached hydrogens (tertiary/aromatic N) is 3. The van der Waals surface area contributed by atoms with E-state index in [4.69, 9.17) is 4.74 Å². The van der Waals surface area contributed by atoms with E-state index in [1.165, 1.54) is 0 Å². The number of carbonyl (C=O) groups excluding carboxylic acids is 1. The van der Waals surface area contributed by atoms with Crippen LogP contribution in [0.1, 0.15) is 35.4 Å². The van der Waals surface area contributed by atoms with Gasteiger partial charge in [-0.25, -0.2) is 0 Å². The molecule has 2 aliphatic rings. The lowest BCUT2D eigenvalue weighted by Crippen LogP contribution is -2.44. The van der Waals surface area contributed by atoms with E-state index in [9.17, 15) is 4.79 Å². The number of aromatic nitrogens is 2. The van der Waals surface area contributed by atoms with Gasteiger partial charge in [-0.05, 0) is 43.5 Å². The molecule has 0 radical (unpaired) electrons. The highest BCUT2D eigenvalue weighted by Gasteiger charge is 2.43. The lowest BCUT2D eigenvalue weighted by molar-refractivity contribution is -0.0451. The highest BCUT2D eigenvalue weighted by Crippen LogP contribution is 2.36. The summed E-state index contributed by atoms with van der Waals surface area (Å²) in [5.41, 5.74) is 1.47. The maximum Gasteiger partial charge on any atom is 0.270 e. The van der Waals surface area contributed by atoms with Crippen LogP contribution in [0.15, 0.2) is 48.8 Å². The number of amides is 1. The molecule has 2 saturated heterocycles. The van der Waals surface area contributed by atoms with Crippen molar-refractivity contribution in [2.45, 2.75) is 37.5 Å². The molecule has 2 aliphatic heterocycles. The first-order chi connectivity index (χ1) is 12.7. The number of likely N-dealkylation sites (tertiary alicyclic amines) is 1. The maximum absolute atomic E-state index is 12.3. The largest absolute Gasteiger partial charge is 0.373 e. The van der Waals surface area contributed by atoms with E-state index in [0.717, 1.165) is 44.6 Å². The molecule has 1 N–H and O–H groups in total. The molecule has 0 aromatic carbocycles. The minimum Gasteiger partial charge on any atom is -0.373 e. The highest BCUT2D eigenvalue weighted by atomic mass is 16.5. The Labute approximate surface area is 153 Å². The third kappa shape index (κ3) is 3.92. The fourth-order valence-electron chi connectivity index (χ4n) is 3.88. The Morgan fingerprint density at radius 2 is 1.92 bits per heavy atom. The topological polar surface area (TPSA) is 67.3 Å². The first-order valence-electron chi connectivity index (χ1n) is 9.21. The number of pyridine rings is 2. The lowest BCUT2D eigenvalue weighted by atomic mass is 9.87. The van der Waals surface area contributed by atoms with Crippen molar-refractivity contribution in [1.82, 2.24) is 20.2 Å². The second kappa shape index (κ2) is 7.51. The maximum atomic E-state index is 12.3. The van der Waals surface area contributed by atoms with Crippen LogP contribution < -0.4 is 5.32 Å². The van der Waals surface area contributed by atoms with Gasteiger partial charge in [0.1, 0.15) is 5.69 Å². The van der Waals surface area contributed by atoms with Gasteiger partial charge >= 0.3 is 0 Å². The number of rotatable bonds is 4. The van der Waals surface area contributed by atoms with Gasteiger partial charge in [-0.2, -0.15) is 0 Å². The molecule has 1 amide bonds. The van der Waals surface area contributed by atoms with Gasteiger partial charge in [-0.1, -0.05) is 12.1 Å². The smallest absolute Gasteiger partial charge is 0.270 e. The minimum atomic E-state index is -0.121. The fraction of sp³-hybridized carbons (Fsp3) is 0.450. The Kier molecular flexibility index (Phi) is 4.95. The van der Waals surface area contributed by atoms with Gasteiger partial charge in [0.25, 0.3) is 5.91 Å². The van der Waals surface area contributed by atoms with Gasteiger partial charge in [0, 0.05) is 32.0 Å². The van der Waals surface area contributed by atoms with E-state index in [1.807, 2.05) is 30.5 Å². The van der Waals surface area contributed by atoms with Crippen molar-refractivity contribution < 1.29 is 9.53 Å². The van der Waals surface area contributed by atoms with Crippen molar-refractivity contribution in [1.29, 1.82) is 0 Å². The molecule has 0 saturated carbocycles. The van der Waals surface area contributed by atoms with E-state index in [2.05, 4.69) is 26.3 Å². The van der Waals surface area contributed by atoms with Crippen molar-refractivity contribution in [3.63, 3.8) is 0 Å². The number of hydrogen-bond acceptors (Lipinski definition) is 5. The van der Waals surface area contributed by atoms with E-state index in [-0.39, 0.29) is 17.6 Å². The summed E-state index contributed by atoms with van der Waals surface area (Å²) in [4.78, 5) is 23.2. The minimum absolute atomic E-state index is 0.0619. The zero-order valence-electron chi connectivity index (χ0n) is 14.8. The molecule has 4 rings (SSSR count). The fourth-order valence-corrected chi connectivity index (χ4v) is 3.88. The second-order valence-corrected chi connectivity index (χ2v) is 7.18. The third-order valence-corrected chi connectivity index (χ3v) is 5.32. The highest BCUT2D eigenvalue weighted by molar-refractivity contribution is 5.92. The van der Waals surface area contributed by atoms with Crippen LogP contribution in [0.3, 0.4) is 0 Å². The molecule has 6 heteroatoms. The van der Waals surface area contributed by atoms with Crippen LogP contribution in [0, 0.1) is 0 Å². The van der Waals surface area contributed by atoms with Gasteiger partial charge in [-0.15, -0.1) is 0 Å². The van der Waals surface area contributed by atoms with Gasteiger partial charge < -0.3 is 10.1 Å². The molecule has 0 unspecified atom stereocenters. The number of ether oxygens (including phenoxy) is 1. The van der Waals surface area contributed by atoms with Crippen LogP contribution in [-0.2, 0) is 11.3 Å². The molecular weight excluding hydrogens is 328 g/mol. The number of carbonyl (C=O) groups is 1. The van der Waals surface area contributed by atoms with E-state index in [1.54, 1.807) is 12.3 Å². The summed E-state index contributed by atoms with van der Waals surface area (Å²) in [5.74, 6) is -0.121. The predicted molar refractivity (Wildman–Crippen MR) is 97.5 cm³/mol. The van der Waals surface area contributed by atoms with Crippen LogP contribution in [0.25, 0.3) is 0 Å². The Balaban J connectivity index is 1.28. The van der Waals surface area contributed by atoms with Gasteiger partial charge in [-0.3, -0.25) is 19.7 Å². The third-order valence-electron chi connectivity index (χ3n) is 5.32. The van der Waals surface area contributed by atoms with E-state index in [0.29, 0.717) is 12.3 Å². The monoisotopic (exact) mass is 352 g/mol. The molecule has 2 fully saturated rings. The molecular formula is C20H24N4O2. The quantitative estimate of drug-likeness (QED) is 0.912. The molecule has 26 heavy (non-hydrogen) atoms. The summed E-state index contributed by atoms with van der Waals surface area (Å²) in [6, 6.07) is 11.5. The van der Waals surface area contributed by atoms with Gasteiger partial charge in [0.2, 0.25) is 0 Å². The average molecular weight is 352 g/mol. The zero-order valence-corrected chi connectivity index (χ0v) is 14.8. The van der Waals surface area contributed by atoms with Crippen LogP contribution in [0.4, 0.5) is 0 Å². The molecule has 136 valence electrons. The normalized spacial score (nSPS) is 22.4. The lowest BCUT2D eigenvalue weighted by Gasteiger charge is -2.38. The van der Waals surface area contributed by atoms with Crippen LogP contribution in [-0.4, -0.2) is 52.1 Å². The Bertz CT molecular complexity index is 730. The van der Waals surface area contributed by atoms with Crippen molar-refractivity contribution in [3.8, 4) is 0 Å². The Hall–Kier alpha value is -2.31.